The number of nitrogens with one attached hydrogen (secondary N) is 1. The maximum atomic E-state index is 12.4. The van der Waals surface area contributed by atoms with Crippen LogP contribution < -0.4 is 5.32 Å². The van der Waals surface area contributed by atoms with E-state index in [9.17, 15) is 14.7 Å². The van der Waals surface area contributed by atoms with E-state index in [1.54, 1.807) is 16.7 Å². The smallest absolute Gasteiger partial charge is 0.244 e. The Labute approximate surface area is 124 Å². The quantitative estimate of drug-likeness (QED) is 0.793. The molecule has 0 radical (unpaired) electrons. The van der Waals surface area contributed by atoms with Crippen LogP contribution in [-0.4, -0.2) is 51.1 Å². The number of fused-ring (bicyclic) bond motifs is 1. The zero-order valence-corrected chi connectivity index (χ0v) is 13.2. The maximum absolute atomic E-state index is 12.4. The van der Waals surface area contributed by atoms with E-state index in [-0.39, 0.29) is 35.4 Å². The number of nitrogens with zero attached hydrogens (tertiary/aromatic N) is 1. The standard InChI is InChI=1S/C14H24N2O3S/c1-9(2)6-10(7-17)15-13(19)11-8-20-14(3)5-4-12(18)16(11)14/h9-11,17H,4-8H2,1-3H3,(H,15,19). The Bertz CT molecular complexity index is 402. The van der Waals surface area contributed by atoms with E-state index in [1.807, 2.05) is 6.92 Å². The van der Waals surface area contributed by atoms with Crippen LogP contribution in [0.2, 0.25) is 0 Å². The SMILES string of the molecule is CC(C)CC(CO)NC(=O)C1CSC2(C)CCC(=O)N12. The lowest BCUT2D eigenvalue weighted by molar-refractivity contribution is -0.138. The number of rotatable bonds is 5. The zero-order chi connectivity index (χ0) is 14.9. The van der Waals surface area contributed by atoms with Crippen LogP contribution in [0.3, 0.4) is 0 Å². The van der Waals surface area contributed by atoms with E-state index in [4.69, 9.17) is 0 Å². The molecule has 2 aliphatic rings. The molecule has 0 spiro atoms. The molecule has 2 amide bonds. The van der Waals surface area contributed by atoms with Gasteiger partial charge in [0.1, 0.15) is 6.04 Å². The first-order valence-electron chi connectivity index (χ1n) is 7.24. The third-order valence-electron chi connectivity index (χ3n) is 4.07. The van der Waals surface area contributed by atoms with Crippen molar-refractivity contribution in [3.63, 3.8) is 0 Å². The lowest BCUT2D eigenvalue weighted by atomic mass is 10.0. The molecule has 2 N–H and O–H groups in total. The zero-order valence-electron chi connectivity index (χ0n) is 12.4. The highest BCUT2D eigenvalue weighted by molar-refractivity contribution is 8.01. The third-order valence-corrected chi connectivity index (χ3v) is 5.58. The van der Waals surface area contributed by atoms with Crippen LogP contribution in [0.4, 0.5) is 0 Å². The number of hydrogen-bond donors (Lipinski definition) is 2. The molecule has 2 rings (SSSR count). The fourth-order valence-corrected chi connectivity index (χ4v) is 4.49. The molecule has 0 bridgehead atoms. The summed E-state index contributed by atoms with van der Waals surface area (Å²) in [6, 6.07) is -0.613. The van der Waals surface area contributed by atoms with Gasteiger partial charge >= 0.3 is 0 Å². The highest BCUT2D eigenvalue weighted by Gasteiger charge is 2.52. The van der Waals surface area contributed by atoms with Crippen molar-refractivity contribution in [1.29, 1.82) is 0 Å². The average Bonchev–Trinajstić information content (AvgIpc) is 2.85. The summed E-state index contributed by atoms with van der Waals surface area (Å²) < 4.78 is 0. The van der Waals surface area contributed by atoms with Gasteiger partial charge in [-0.2, -0.15) is 0 Å². The molecule has 0 aromatic carbocycles. The fourth-order valence-electron chi connectivity index (χ4n) is 3.06. The van der Waals surface area contributed by atoms with Gasteiger partial charge in [0.25, 0.3) is 0 Å². The minimum atomic E-state index is -0.388. The number of amides is 2. The predicted octanol–water partition coefficient (Wildman–Crippen LogP) is 0.964. The van der Waals surface area contributed by atoms with Crippen LogP contribution >= 0.6 is 11.8 Å². The van der Waals surface area contributed by atoms with E-state index >= 15 is 0 Å². The molecule has 0 aromatic heterocycles. The summed E-state index contributed by atoms with van der Waals surface area (Å²) >= 11 is 1.69. The van der Waals surface area contributed by atoms with Crippen LogP contribution in [-0.2, 0) is 9.59 Å². The molecule has 3 atom stereocenters. The van der Waals surface area contributed by atoms with E-state index in [0.29, 0.717) is 18.1 Å². The van der Waals surface area contributed by atoms with Gasteiger partial charge in [0, 0.05) is 12.2 Å². The molecule has 0 aliphatic carbocycles. The summed E-state index contributed by atoms with van der Waals surface area (Å²) in [6.07, 6.45) is 2.09. The third kappa shape index (κ3) is 2.96. The second kappa shape index (κ2) is 5.93. The number of carbonyl (C=O) groups excluding carboxylic acids is 2. The minimum absolute atomic E-state index is 0.0605. The molecule has 6 heteroatoms. The van der Waals surface area contributed by atoms with E-state index in [1.165, 1.54) is 0 Å². The van der Waals surface area contributed by atoms with Crippen molar-refractivity contribution in [3.8, 4) is 0 Å². The van der Waals surface area contributed by atoms with Gasteiger partial charge in [0.05, 0.1) is 17.5 Å². The van der Waals surface area contributed by atoms with Crippen molar-refractivity contribution >= 4 is 23.6 Å². The van der Waals surface area contributed by atoms with Gasteiger partial charge in [-0.25, -0.2) is 0 Å². The Morgan fingerprint density at radius 3 is 2.90 bits per heavy atom. The van der Waals surface area contributed by atoms with Gasteiger partial charge in [-0.05, 0) is 25.7 Å². The van der Waals surface area contributed by atoms with Crippen LogP contribution in [0.1, 0.15) is 40.0 Å². The van der Waals surface area contributed by atoms with E-state index in [0.717, 1.165) is 12.8 Å². The Hall–Kier alpha value is -0.750. The molecule has 20 heavy (non-hydrogen) atoms. The Kier molecular flexibility index (Phi) is 4.64. The molecule has 0 aromatic rings. The van der Waals surface area contributed by atoms with Gasteiger partial charge in [0.15, 0.2) is 0 Å². The highest BCUT2D eigenvalue weighted by atomic mass is 32.2. The molecule has 3 unspecified atom stereocenters. The highest BCUT2D eigenvalue weighted by Crippen LogP contribution is 2.47. The first kappa shape index (κ1) is 15.6. The molecule has 0 saturated carbocycles. The summed E-state index contributed by atoms with van der Waals surface area (Å²) in [5.41, 5.74) is 0. The maximum Gasteiger partial charge on any atom is 0.244 e. The summed E-state index contributed by atoms with van der Waals surface area (Å²) in [6.45, 7) is 6.09. The summed E-state index contributed by atoms with van der Waals surface area (Å²) in [5, 5.41) is 12.3. The molecule has 2 fully saturated rings. The molecule has 114 valence electrons. The topological polar surface area (TPSA) is 69.6 Å². The second-order valence-corrected chi connectivity index (χ2v) is 7.78. The van der Waals surface area contributed by atoms with Gasteiger partial charge in [-0.15, -0.1) is 11.8 Å². The molecular weight excluding hydrogens is 276 g/mol. The van der Waals surface area contributed by atoms with Crippen molar-refractivity contribution in [3.05, 3.63) is 0 Å². The van der Waals surface area contributed by atoms with E-state index < -0.39 is 0 Å². The van der Waals surface area contributed by atoms with Crippen molar-refractivity contribution in [2.75, 3.05) is 12.4 Å². The first-order chi connectivity index (χ1) is 9.37. The fraction of sp³-hybridized carbons (Fsp3) is 0.857. The van der Waals surface area contributed by atoms with Crippen molar-refractivity contribution < 1.29 is 14.7 Å². The van der Waals surface area contributed by atoms with Gasteiger partial charge < -0.3 is 15.3 Å². The first-order valence-corrected chi connectivity index (χ1v) is 8.23. The number of aliphatic hydroxyl groups is 1. The molecular formula is C14H24N2O3S. The summed E-state index contributed by atoms with van der Waals surface area (Å²) in [7, 11) is 0. The number of aliphatic hydroxyl groups excluding tert-OH is 1. The van der Waals surface area contributed by atoms with Crippen LogP contribution in [0.5, 0.6) is 0 Å². The van der Waals surface area contributed by atoms with Crippen molar-refractivity contribution in [1.82, 2.24) is 10.2 Å². The lowest BCUT2D eigenvalue weighted by Gasteiger charge is -2.30. The van der Waals surface area contributed by atoms with Crippen LogP contribution in [0.25, 0.3) is 0 Å². The molecule has 2 saturated heterocycles. The van der Waals surface area contributed by atoms with Gasteiger partial charge in [0.2, 0.25) is 11.8 Å². The monoisotopic (exact) mass is 300 g/mol. The molecule has 2 aliphatic heterocycles. The Morgan fingerprint density at radius 2 is 2.30 bits per heavy atom. The van der Waals surface area contributed by atoms with Gasteiger partial charge in [-0.1, -0.05) is 13.8 Å². The minimum Gasteiger partial charge on any atom is -0.394 e. The van der Waals surface area contributed by atoms with Crippen LogP contribution in [0.15, 0.2) is 0 Å². The molecule has 2 heterocycles. The second-order valence-electron chi connectivity index (χ2n) is 6.28. The normalized spacial score (nSPS) is 30.8. The lowest BCUT2D eigenvalue weighted by Crippen LogP contribution is -2.52. The number of hydrogen-bond acceptors (Lipinski definition) is 4. The van der Waals surface area contributed by atoms with Crippen LogP contribution in [0, 0.1) is 5.92 Å². The number of thioether (sulfide) groups is 1. The Balaban J connectivity index is 2.01. The predicted molar refractivity (Wildman–Crippen MR) is 79.2 cm³/mol. The van der Waals surface area contributed by atoms with E-state index in [2.05, 4.69) is 19.2 Å². The van der Waals surface area contributed by atoms with Crippen molar-refractivity contribution in [2.24, 2.45) is 5.92 Å². The largest absolute Gasteiger partial charge is 0.394 e. The Morgan fingerprint density at radius 1 is 1.60 bits per heavy atom. The average molecular weight is 300 g/mol. The number of carbonyl (C=O) groups is 2. The van der Waals surface area contributed by atoms with Crippen molar-refractivity contribution in [2.45, 2.75) is 57.0 Å². The summed E-state index contributed by atoms with van der Waals surface area (Å²) in [4.78, 5) is 25.9. The summed E-state index contributed by atoms with van der Waals surface area (Å²) in [5.74, 6) is 0.996. The van der Waals surface area contributed by atoms with Gasteiger partial charge in [-0.3, -0.25) is 9.59 Å². The molecule has 5 nitrogen and oxygen atoms in total.